The summed E-state index contributed by atoms with van der Waals surface area (Å²) in [5, 5.41) is 3.51. The summed E-state index contributed by atoms with van der Waals surface area (Å²) >= 11 is 12.0. The van der Waals surface area contributed by atoms with E-state index in [-0.39, 0.29) is 16.8 Å². The maximum Gasteiger partial charge on any atom is 0.265 e. The first-order chi connectivity index (χ1) is 14.7. The van der Waals surface area contributed by atoms with Crippen LogP contribution in [0.4, 0.5) is 5.69 Å². The van der Waals surface area contributed by atoms with Crippen molar-refractivity contribution >= 4 is 44.8 Å². The largest absolute Gasteiger partial charge is 0.479 e. The van der Waals surface area contributed by atoms with Crippen LogP contribution in [0.3, 0.4) is 0 Å². The van der Waals surface area contributed by atoms with Gasteiger partial charge in [-0.05, 0) is 68.7 Å². The van der Waals surface area contributed by atoms with E-state index in [4.69, 9.17) is 27.9 Å². The fraction of sp³-hybridized carbons (Fsp3) is 0.409. The zero-order chi connectivity index (χ0) is 22.6. The van der Waals surface area contributed by atoms with Crippen molar-refractivity contribution in [3.8, 4) is 5.75 Å². The molecule has 0 aromatic heterocycles. The molecule has 1 aliphatic rings. The third-order valence-electron chi connectivity index (χ3n) is 5.34. The minimum atomic E-state index is -3.56. The highest BCUT2D eigenvalue weighted by atomic mass is 35.5. The average molecular weight is 485 g/mol. The lowest BCUT2D eigenvalue weighted by molar-refractivity contribution is -0.122. The summed E-state index contributed by atoms with van der Waals surface area (Å²) in [5.74, 6) is -0.0362. The minimum absolute atomic E-state index is 0.0378. The van der Waals surface area contributed by atoms with Gasteiger partial charge in [0.2, 0.25) is 10.0 Å². The summed E-state index contributed by atoms with van der Waals surface area (Å²) in [4.78, 5) is 12.7. The molecule has 1 N–H and O–H groups in total. The van der Waals surface area contributed by atoms with E-state index in [0.29, 0.717) is 28.0 Å². The second kappa shape index (κ2) is 10.2. The number of halogens is 2. The number of hydrogen-bond acceptors (Lipinski definition) is 4. The number of hydrogen-bond donors (Lipinski definition) is 1. The number of sulfonamides is 1. The molecule has 1 fully saturated rings. The van der Waals surface area contributed by atoms with Crippen LogP contribution >= 0.6 is 23.2 Å². The number of amides is 1. The summed E-state index contributed by atoms with van der Waals surface area (Å²) < 4.78 is 33.3. The quantitative estimate of drug-likeness (QED) is 0.574. The third-order valence-corrected chi connectivity index (χ3v) is 7.84. The molecule has 0 spiro atoms. The Balaban J connectivity index is 1.66. The lowest BCUT2D eigenvalue weighted by Gasteiger charge is -2.34. The van der Waals surface area contributed by atoms with Gasteiger partial charge in [0.15, 0.2) is 6.10 Å². The number of rotatable bonds is 7. The van der Waals surface area contributed by atoms with E-state index in [1.54, 1.807) is 35.5 Å². The van der Waals surface area contributed by atoms with Crippen LogP contribution in [-0.2, 0) is 14.8 Å². The molecular formula is C22H26Cl2N2O4S. The lowest BCUT2D eigenvalue weighted by atomic mass is 10.0. The third kappa shape index (κ3) is 5.71. The standard InChI is InChI=1S/C22H26Cl2N2O4S/c1-3-18-6-4-5-13-26(18)31(28,29)19-10-8-17(9-11-19)25-22(27)15(2)30-21-12-7-16(23)14-20(21)24/h7-12,14-15,18H,3-6,13H2,1-2H3,(H,25,27). The Bertz CT molecular complexity index is 1030. The first kappa shape index (κ1) is 23.9. The predicted molar refractivity (Wildman–Crippen MR) is 123 cm³/mol. The number of nitrogens with one attached hydrogen (secondary N) is 1. The summed E-state index contributed by atoms with van der Waals surface area (Å²) in [5.41, 5.74) is 0.479. The van der Waals surface area contributed by atoms with Crippen LogP contribution in [0.15, 0.2) is 47.4 Å². The van der Waals surface area contributed by atoms with Crippen molar-refractivity contribution < 1.29 is 17.9 Å². The van der Waals surface area contributed by atoms with Crippen molar-refractivity contribution in [3.05, 3.63) is 52.5 Å². The van der Waals surface area contributed by atoms with Crippen molar-refractivity contribution in [1.29, 1.82) is 0 Å². The van der Waals surface area contributed by atoms with E-state index in [2.05, 4.69) is 5.32 Å². The molecule has 0 radical (unpaired) electrons. The lowest BCUT2D eigenvalue weighted by Crippen LogP contribution is -2.43. The second-order valence-electron chi connectivity index (χ2n) is 7.52. The number of piperidine rings is 1. The van der Waals surface area contributed by atoms with Gasteiger partial charge in [0, 0.05) is 23.3 Å². The normalized spacial score (nSPS) is 18.4. The molecule has 0 bridgehead atoms. The Morgan fingerprint density at radius 2 is 1.90 bits per heavy atom. The van der Waals surface area contributed by atoms with Crippen LogP contribution in [0.5, 0.6) is 5.75 Å². The van der Waals surface area contributed by atoms with Gasteiger partial charge in [-0.3, -0.25) is 4.79 Å². The van der Waals surface area contributed by atoms with Gasteiger partial charge in [-0.2, -0.15) is 4.31 Å². The fourth-order valence-electron chi connectivity index (χ4n) is 3.60. The van der Waals surface area contributed by atoms with Gasteiger partial charge < -0.3 is 10.1 Å². The highest BCUT2D eigenvalue weighted by Crippen LogP contribution is 2.29. The predicted octanol–water partition coefficient (Wildman–Crippen LogP) is 5.35. The maximum atomic E-state index is 13.1. The van der Waals surface area contributed by atoms with E-state index < -0.39 is 16.1 Å². The Kier molecular flexibility index (Phi) is 7.86. The van der Waals surface area contributed by atoms with Gasteiger partial charge in [0.05, 0.1) is 9.92 Å². The van der Waals surface area contributed by atoms with Crippen molar-refractivity contribution in [1.82, 2.24) is 4.31 Å². The molecular weight excluding hydrogens is 459 g/mol. The zero-order valence-electron chi connectivity index (χ0n) is 17.5. The first-order valence-electron chi connectivity index (χ1n) is 10.3. The number of ether oxygens (including phenoxy) is 1. The van der Waals surface area contributed by atoms with Crippen LogP contribution in [0.25, 0.3) is 0 Å². The molecule has 2 aromatic carbocycles. The molecule has 2 aromatic rings. The topological polar surface area (TPSA) is 75.7 Å². The van der Waals surface area contributed by atoms with Crippen molar-refractivity contribution in [2.45, 2.75) is 56.6 Å². The molecule has 3 rings (SSSR count). The summed E-state index contributed by atoms with van der Waals surface area (Å²) in [6.45, 7) is 4.15. The number of nitrogens with zero attached hydrogens (tertiary/aromatic N) is 1. The fourth-order valence-corrected chi connectivity index (χ4v) is 5.82. The maximum absolute atomic E-state index is 13.1. The summed E-state index contributed by atoms with van der Waals surface area (Å²) in [6.07, 6.45) is 2.79. The Hall–Kier alpha value is -1.80. The zero-order valence-corrected chi connectivity index (χ0v) is 19.8. The van der Waals surface area contributed by atoms with Gasteiger partial charge in [-0.1, -0.05) is 36.5 Å². The molecule has 1 amide bonds. The molecule has 1 aliphatic heterocycles. The molecule has 168 valence electrons. The second-order valence-corrected chi connectivity index (χ2v) is 10.3. The van der Waals surface area contributed by atoms with E-state index in [9.17, 15) is 13.2 Å². The minimum Gasteiger partial charge on any atom is -0.479 e. The van der Waals surface area contributed by atoms with Crippen LogP contribution in [0.1, 0.15) is 39.5 Å². The van der Waals surface area contributed by atoms with Crippen molar-refractivity contribution in [3.63, 3.8) is 0 Å². The van der Waals surface area contributed by atoms with Crippen LogP contribution in [-0.4, -0.2) is 37.3 Å². The molecule has 6 nitrogen and oxygen atoms in total. The van der Waals surface area contributed by atoms with Crippen molar-refractivity contribution in [2.75, 3.05) is 11.9 Å². The molecule has 31 heavy (non-hydrogen) atoms. The molecule has 0 aliphatic carbocycles. The number of benzene rings is 2. The summed E-state index contributed by atoms with van der Waals surface area (Å²) in [7, 11) is -3.56. The van der Waals surface area contributed by atoms with Crippen LogP contribution < -0.4 is 10.1 Å². The molecule has 2 atom stereocenters. The number of carbonyl (C=O) groups is 1. The van der Waals surface area contributed by atoms with E-state index in [1.165, 1.54) is 18.2 Å². The Morgan fingerprint density at radius 1 is 1.19 bits per heavy atom. The number of anilines is 1. The van der Waals surface area contributed by atoms with Crippen molar-refractivity contribution in [2.24, 2.45) is 0 Å². The summed E-state index contributed by atoms with van der Waals surface area (Å²) in [6, 6.07) is 11.0. The van der Waals surface area contributed by atoms with Gasteiger partial charge in [0.25, 0.3) is 5.91 Å². The number of carbonyl (C=O) groups excluding carboxylic acids is 1. The van der Waals surface area contributed by atoms with Gasteiger partial charge >= 0.3 is 0 Å². The highest BCUT2D eigenvalue weighted by molar-refractivity contribution is 7.89. The molecule has 2 unspecified atom stereocenters. The van der Waals surface area contributed by atoms with Gasteiger partial charge in [-0.25, -0.2) is 8.42 Å². The smallest absolute Gasteiger partial charge is 0.265 e. The van der Waals surface area contributed by atoms with Gasteiger partial charge in [-0.15, -0.1) is 0 Å². The van der Waals surface area contributed by atoms with E-state index in [0.717, 1.165) is 25.7 Å². The molecule has 1 saturated heterocycles. The molecule has 0 saturated carbocycles. The Morgan fingerprint density at radius 3 is 2.55 bits per heavy atom. The van der Waals surface area contributed by atoms with E-state index >= 15 is 0 Å². The van der Waals surface area contributed by atoms with Gasteiger partial charge in [0.1, 0.15) is 5.75 Å². The SMILES string of the molecule is CCC1CCCCN1S(=O)(=O)c1ccc(NC(=O)C(C)Oc2ccc(Cl)cc2Cl)cc1. The monoisotopic (exact) mass is 484 g/mol. The average Bonchev–Trinajstić information content (AvgIpc) is 2.76. The highest BCUT2D eigenvalue weighted by Gasteiger charge is 2.32. The van der Waals surface area contributed by atoms with Crippen LogP contribution in [0.2, 0.25) is 10.0 Å². The molecule has 1 heterocycles. The van der Waals surface area contributed by atoms with E-state index in [1.807, 2.05) is 6.92 Å². The molecule has 9 heteroatoms. The first-order valence-corrected chi connectivity index (χ1v) is 12.5. The van der Waals surface area contributed by atoms with Crippen LogP contribution in [0, 0.1) is 0 Å². The Labute approximate surface area is 193 Å².